The fraction of sp³-hybridized carbons (Fsp3) is 0.619. The Balaban J connectivity index is 1.56. The summed E-state index contributed by atoms with van der Waals surface area (Å²) < 4.78 is 17.7. The highest BCUT2D eigenvalue weighted by Gasteiger charge is 2.53. The van der Waals surface area contributed by atoms with E-state index in [2.05, 4.69) is 0 Å². The zero-order valence-corrected chi connectivity index (χ0v) is 16.7. The number of para-hydroxylation sites is 1. The lowest BCUT2D eigenvalue weighted by Crippen LogP contribution is -2.60. The van der Waals surface area contributed by atoms with Gasteiger partial charge >= 0.3 is 5.97 Å². The number of aromatic hydroxyl groups is 1. The van der Waals surface area contributed by atoms with Crippen molar-refractivity contribution in [2.45, 2.75) is 57.0 Å². The first kappa shape index (κ1) is 20.0. The molecule has 2 fully saturated rings. The van der Waals surface area contributed by atoms with Gasteiger partial charge in [-0.25, -0.2) is 4.79 Å². The number of carbonyl (C=O) groups is 2. The number of fused-ring (bicyclic) bond motifs is 4. The fourth-order valence-electron chi connectivity index (χ4n) is 4.90. The number of hydrogen-bond donors (Lipinski definition) is 2. The van der Waals surface area contributed by atoms with Gasteiger partial charge in [0.1, 0.15) is 18.8 Å². The SMILES string of the molecule is CC1(C)Oc2c(O)cccc2[C@H]2O[C@H]3CCCN(C(=O)COCC(=O)O)[C@H]3C[C@@H]21. The van der Waals surface area contributed by atoms with Gasteiger partial charge in [0.15, 0.2) is 11.5 Å². The predicted octanol–water partition coefficient (Wildman–Crippen LogP) is 2.10. The lowest BCUT2D eigenvalue weighted by atomic mass is 9.72. The summed E-state index contributed by atoms with van der Waals surface area (Å²) in [6.45, 7) is 3.83. The second kappa shape index (κ2) is 7.50. The molecule has 1 aromatic rings. The summed E-state index contributed by atoms with van der Waals surface area (Å²) in [5.41, 5.74) is 0.272. The number of amides is 1. The third-order valence-corrected chi connectivity index (χ3v) is 6.26. The highest BCUT2D eigenvalue weighted by Crippen LogP contribution is 2.54. The van der Waals surface area contributed by atoms with Crippen LogP contribution in [-0.2, 0) is 19.1 Å². The van der Waals surface area contributed by atoms with E-state index in [0.29, 0.717) is 18.7 Å². The smallest absolute Gasteiger partial charge is 0.329 e. The molecule has 0 unspecified atom stereocenters. The summed E-state index contributed by atoms with van der Waals surface area (Å²) in [6, 6.07) is 5.22. The molecule has 0 radical (unpaired) electrons. The van der Waals surface area contributed by atoms with Crippen molar-refractivity contribution >= 4 is 11.9 Å². The van der Waals surface area contributed by atoms with Gasteiger partial charge in [-0.3, -0.25) is 4.79 Å². The molecule has 0 spiro atoms. The maximum absolute atomic E-state index is 12.7. The van der Waals surface area contributed by atoms with E-state index in [-0.39, 0.29) is 42.4 Å². The van der Waals surface area contributed by atoms with Crippen molar-refractivity contribution in [1.82, 2.24) is 4.90 Å². The number of hydrogen-bond acceptors (Lipinski definition) is 6. The summed E-state index contributed by atoms with van der Waals surface area (Å²) in [5.74, 6) is -0.720. The number of piperidine rings is 1. The van der Waals surface area contributed by atoms with Crippen LogP contribution in [0.5, 0.6) is 11.5 Å². The Bertz CT molecular complexity index is 808. The number of phenolic OH excluding ortho intramolecular Hbond substituents is 1. The maximum atomic E-state index is 12.7. The van der Waals surface area contributed by atoms with Gasteiger partial charge in [-0.05, 0) is 39.2 Å². The lowest BCUT2D eigenvalue weighted by molar-refractivity contribution is -0.194. The number of carboxylic acids is 1. The van der Waals surface area contributed by atoms with E-state index >= 15 is 0 Å². The molecule has 3 aliphatic rings. The van der Waals surface area contributed by atoms with E-state index < -0.39 is 18.2 Å². The molecule has 3 heterocycles. The quantitative estimate of drug-likeness (QED) is 0.790. The number of aliphatic carboxylic acids is 1. The average Bonchev–Trinajstić information content (AvgIpc) is 2.67. The molecule has 4 atom stereocenters. The molecule has 2 N–H and O–H groups in total. The van der Waals surface area contributed by atoms with Gasteiger partial charge in [0.25, 0.3) is 0 Å². The summed E-state index contributed by atoms with van der Waals surface area (Å²) >= 11 is 0. The molecule has 0 bridgehead atoms. The Morgan fingerprint density at radius 3 is 2.86 bits per heavy atom. The minimum absolute atomic E-state index is 0.00591. The van der Waals surface area contributed by atoms with Gasteiger partial charge in [-0.15, -0.1) is 0 Å². The van der Waals surface area contributed by atoms with Gasteiger partial charge in [0.2, 0.25) is 5.91 Å². The van der Waals surface area contributed by atoms with Crippen molar-refractivity contribution in [2.24, 2.45) is 5.92 Å². The average molecular weight is 405 g/mol. The summed E-state index contributed by atoms with van der Waals surface area (Å²) in [7, 11) is 0. The maximum Gasteiger partial charge on any atom is 0.329 e. The number of benzene rings is 1. The molecule has 0 aromatic heterocycles. The van der Waals surface area contributed by atoms with Crippen LogP contribution < -0.4 is 4.74 Å². The van der Waals surface area contributed by atoms with Gasteiger partial charge in [0, 0.05) is 18.0 Å². The number of carboxylic acid groups (broad SMARTS) is 1. The van der Waals surface area contributed by atoms with E-state index in [1.165, 1.54) is 0 Å². The third kappa shape index (κ3) is 3.67. The van der Waals surface area contributed by atoms with Crippen LogP contribution in [0.4, 0.5) is 0 Å². The van der Waals surface area contributed by atoms with Crippen molar-refractivity contribution in [3.63, 3.8) is 0 Å². The molecular weight excluding hydrogens is 378 g/mol. The fourth-order valence-corrected chi connectivity index (χ4v) is 4.90. The van der Waals surface area contributed by atoms with Crippen molar-refractivity contribution in [3.8, 4) is 11.5 Å². The van der Waals surface area contributed by atoms with Gasteiger partial charge in [0.05, 0.1) is 18.2 Å². The van der Waals surface area contributed by atoms with Crippen LogP contribution in [0.25, 0.3) is 0 Å². The summed E-state index contributed by atoms with van der Waals surface area (Å²) in [4.78, 5) is 25.1. The normalized spacial score (nSPS) is 29.8. The molecule has 0 aliphatic carbocycles. The minimum atomic E-state index is -1.10. The van der Waals surface area contributed by atoms with E-state index in [0.717, 1.165) is 18.4 Å². The molecule has 4 rings (SSSR count). The number of phenols is 1. The Labute approximate surface area is 169 Å². The third-order valence-electron chi connectivity index (χ3n) is 6.26. The molecule has 1 aromatic carbocycles. The second-order valence-electron chi connectivity index (χ2n) is 8.52. The van der Waals surface area contributed by atoms with Crippen LogP contribution in [0.2, 0.25) is 0 Å². The molecule has 8 nitrogen and oxygen atoms in total. The van der Waals surface area contributed by atoms with Crippen LogP contribution in [0, 0.1) is 5.92 Å². The van der Waals surface area contributed by atoms with Gasteiger partial charge in [-0.2, -0.15) is 0 Å². The molecule has 2 saturated heterocycles. The van der Waals surface area contributed by atoms with Gasteiger partial charge < -0.3 is 29.3 Å². The zero-order valence-electron chi connectivity index (χ0n) is 16.7. The molecule has 1 amide bonds. The van der Waals surface area contributed by atoms with Crippen molar-refractivity contribution < 1.29 is 34.0 Å². The van der Waals surface area contributed by atoms with E-state index in [4.69, 9.17) is 19.3 Å². The number of nitrogens with zero attached hydrogens (tertiary/aromatic N) is 1. The highest BCUT2D eigenvalue weighted by molar-refractivity contribution is 5.78. The van der Waals surface area contributed by atoms with Crippen LogP contribution in [0.15, 0.2) is 18.2 Å². The number of likely N-dealkylation sites (tertiary alicyclic amines) is 1. The summed E-state index contributed by atoms with van der Waals surface area (Å²) in [6.07, 6.45) is 2.05. The van der Waals surface area contributed by atoms with Crippen LogP contribution in [0.1, 0.15) is 44.8 Å². The number of ether oxygens (including phenoxy) is 3. The largest absolute Gasteiger partial charge is 0.504 e. The molecule has 8 heteroatoms. The predicted molar refractivity (Wildman–Crippen MR) is 102 cm³/mol. The van der Waals surface area contributed by atoms with Crippen LogP contribution >= 0.6 is 0 Å². The van der Waals surface area contributed by atoms with Crippen LogP contribution in [0.3, 0.4) is 0 Å². The first-order chi connectivity index (χ1) is 13.8. The standard InChI is InChI=1S/C21H27NO7/c1-21(2)13-9-14-16(7-4-8-22(14)17(24)10-27-11-18(25)26)28-19(13)12-5-3-6-15(23)20(12)29-21/h3,5-6,13-14,16,19,23H,4,7-11H2,1-2H3,(H,25,26)/t13-,14-,16-,19+/m0/s1. The topological polar surface area (TPSA) is 106 Å². The Morgan fingerprint density at radius 1 is 1.31 bits per heavy atom. The minimum Gasteiger partial charge on any atom is -0.504 e. The second-order valence-corrected chi connectivity index (χ2v) is 8.52. The molecule has 3 aliphatic heterocycles. The van der Waals surface area contributed by atoms with Crippen molar-refractivity contribution in [2.75, 3.05) is 19.8 Å². The Hall–Kier alpha value is -2.32. The number of rotatable bonds is 4. The molecule has 0 saturated carbocycles. The summed E-state index contributed by atoms with van der Waals surface area (Å²) in [5, 5.41) is 19.0. The Morgan fingerprint density at radius 2 is 2.10 bits per heavy atom. The van der Waals surface area contributed by atoms with Gasteiger partial charge in [-0.1, -0.05) is 12.1 Å². The highest BCUT2D eigenvalue weighted by atomic mass is 16.5. The first-order valence-electron chi connectivity index (χ1n) is 10.0. The van der Waals surface area contributed by atoms with E-state index in [1.54, 1.807) is 17.0 Å². The zero-order chi connectivity index (χ0) is 20.8. The van der Waals surface area contributed by atoms with E-state index in [9.17, 15) is 14.7 Å². The first-order valence-corrected chi connectivity index (χ1v) is 10.0. The van der Waals surface area contributed by atoms with Crippen LogP contribution in [-0.4, -0.2) is 64.5 Å². The molecular formula is C21H27NO7. The number of carbonyl (C=O) groups excluding carboxylic acids is 1. The Kier molecular flexibility index (Phi) is 5.16. The molecule has 29 heavy (non-hydrogen) atoms. The molecule has 158 valence electrons. The van der Waals surface area contributed by atoms with E-state index in [1.807, 2.05) is 19.9 Å². The lowest BCUT2D eigenvalue weighted by Gasteiger charge is -2.54. The monoisotopic (exact) mass is 405 g/mol. The van der Waals surface area contributed by atoms with Crippen molar-refractivity contribution in [3.05, 3.63) is 23.8 Å². The van der Waals surface area contributed by atoms with Crippen molar-refractivity contribution in [1.29, 1.82) is 0 Å².